The van der Waals surface area contributed by atoms with E-state index in [2.05, 4.69) is 0 Å². The van der Waals surface area contributed by atoms with E-state index in [4.69, 9.17) is 5.26 Å². The number of nitriles is 1. The zero-order valence-corrected chi connectivity index (χ0v) is 11.0. The lowest BCUT2D eigenvalue weighted by atomic mass is 10.1. The molecule has 0 bridgehead atoms. The van der Waals surface area contributed by atoms with Crippen molar-refractivity contribution < 1.29 is 8.60 Å². The van der Waals surface area contributed by atoms with Gasteiger partial charge in [-0.05, 0) is 36.5 Å². The molecule has 1 fully saturated rings. The average Bonchev–Trinajstić information content (AvgIpc) is 2.84. The maximum atomic E-state index is 13.1. The second-order valence-corrected chi connectivity index (χ2v) is 6.33. The molecule has 0 N–H and O–H groups in total. The molecule has 0 aliphatic heterocycles. The summed E-state index contributed by atoms with van der Waals surface area (Å²) >= 11 is 0. The Morgan fingerprint density at radius 2 is 2.11 bits per heavy atom. The summed E-state index contributed by atoms with van der Waals surface area (Å²) in [6, 6.07) is 6.20. The van der Waals surface area contributed by atoms with Gasteiger partial charge < -0.3 is 0 Å². The SMILES string of the molecule is N#Cc1cc(CS(=O)CC2CCCC2)ccc1F. The Morgan fingerprint density at radius 1 is 1.39 bits per heavy atom. The molecule has 2 nitrogen and oxygen atoms in total. The van der Waals surface area contributed by atoms with Gasteiger partial charge in [-0.3, -0.25) is 4.21 Å². The minimum Gasteiger partial charge on any atom is -0.259 e. The quantitative estimate of drug-likeness (QED) is 0.839. The number of halogens is 1. The Hall–Kier alpha value is -1.21. The highest BCUT2D eigenvalue weighted by atomic mass is 32.2. The zero-order chi connectivity index (χ0) is 13.0. The highest BCUT2D eigenvalue weighted by molar-refractivity contribution is 7.84. The van der Waals surface area contributed by atoms with Gasteiger partial charge in [0.25, 0.3) is 0 Å². The number of hydrogen-bond acceptors (Lipinski definition) is 2. The number of rotatable bonds is 4. The van der Waals surface area contributed by atoms with Gasteiger partial charge >= 0.3 is 0 Å². The Labute approximate surface area is 109 Å². The van der Waals surface area contributed by atoms with Crippen molar-refractivity contribution in [2.45, 2.75) is 31.4 Å². The van der Waals surface area contributed by atoms with Gasteiger partial charge in [-0.2, -0.15) is 5.26 Å². The van der Waals surface area contributed by atoms with Crippen LogP contribution >= 0.6 is 0 Å². The summed E-state index contributed by atoms with van der Waals surface area (Å²) in [6.45, 7) is 0. The normalized spacial score (nSPS) is 17.6. The molecular weight excluding hydrogens is 249 g/mol. The van der Waals surface area contributed by atoms with Crippen molar-refractivity contribution in [1.29, 1.82) is 5.26 Å². The first-order valence-corrected chi connectivity index (χ1v) is 7.71. The maximum Gasteiger partial charge on any atom is 0.140 e. The van der Waals surface area contributed by atoms with Crippen molar-refractivity contribution in [1.82, 2.24) is 0 Å². The maximum absolute atomic E-state index is 13.1. The lowest BCUT2D eigenvalue weighted by molar-refractivity contribution is 0.604. The van der Waals surface area contributed by atoms with Crippen molar-refractivity contribution in [3.63, 3.8) is 0 Å². The van der Waals surface area contributed by atoms with Crippen LogP contribution in [0.4, 0.5) is 4.39 Å². The predicted octanol–water partition coefficient (Wildman–Crippen LogP) is 3.14. The fourth-order valence-electron chi connectivity index (χ4n) is 2.43. The van der Waals surface area contributed by atoms with E-state index in [-0.39, 0.29) is 5.56 Å². The van der Waals surface area contributed by atoms with E-state index in [9.17, 15) is 8.60 Å². The van der Waals surface area contributed by atoms with Gasteiger partial charge in [0.15, 0.2) is 0 Å². The minimum atomic E-state index is -0.910. The Balaban J connectivity index is 1.96. The molecule has 0 saturated heterocycles. The highest BCUT2D eigenvalue weighted by Crippen LogP contribution is 2.26. The van der Waals surface area contributed by atoms with Crippen molar-refractivity contribution in [2.24, 2.45) is 5.92 Å². The summed E-state index contributed by atoms with van der Waals surface area (Å²) in [5.41, 5.74) is 0.814. The monoisotopic (exact) mass is 265 g/mol. The molecule has 96 valence electrons. The molecule has 1 atom stereocenters. The van der Waals surface area contributed by atoms with Crippen LogP contribution in [0.15, 0.2) is 18.2 Å². The van der Waals surface area contributed by atoms with Crippen LogP contribution in [0.1, 0.15) is 36.8 Å². The molecule has 1 unspecified atom stereocenters. The third-order valence-corrected chi connectivity index (χ3v) is 4.87. The van der Waals surface area contributed by atoms with Crippen LogP contribution in [-0.2, 0) is 16.6 Å². The molecule has 4 heteroatoms. The second-order valence-electron chi connectivity index (χ2n) is 4.83. The molecule has 0 heterocycles. The summed E-state index contributed by atoms with van der Waals surface area (Å²) in [4.78, 5) is 0. The fraction of sp³-hybridized carbons (Fsp3) is 0.500. The molecule has 1 saturated carbocycles. The lowest BCUT2D eigenvalue weighted by Crippen LogP contribution is -2.09. The first-order chi connectivity index (χ1) is 8.69. The third kappa shape index (κ3) is 3.39. The molecule has 1 aliphatic carbocycles. The Kier molecular flexibility index (Phi) is 4.48. The molecule has 1 aromatic carbocycles. The van der Waals surface area contributed by atoms with Crippen LogP contribution < -0.4 is 0 Å². The van der Waals surface area contributed by atoms with Crippen molar-refractivity contribution in [3.8, 4) is 6.07 Å². The predicted molar refractivity (Wildman–Crippen MR) is 69.8 cm³/mol. The molecular formula is C14H16FNOS. The number of nitrogens with zero attached hydrogens (tertiary/aromatic N) is 1. The zero-order valence-electron chi connectivity index (χ0n) is 10.2. The molecule has 0 amide bonds. The molecule has 2 rings (SSSR count). The Bertz CT molecular complexity index is 489. The summed E-state index contributed by atoms with van der Waals surface area (Å²) in [5, 5.41) is 8.74. The number of benzene rings is 1. The van der Waals surface area contributed by atoms with E-state index < -0.39 is 16.6 Å². The van der Waals surface area contributed by atoms with E-state index in [1.54, 1.807) is 6.07 Å². The van der Waals surface area contributed by atoms with Crippen molar-refractivity contribution in [2.75, 3.05) is 5.75 Å². The molecule has 1 aliphatic rings. The largest absolute Gasteiger partial charge is 0.259 e. The van der Waals surface area contributed by atoms with Crippen LogP contribution in [0.3, 0.4) is 0 Å². The lowest BCUT2D eigenvalue weighted by Gasteiger charge is -2.08. The third-order valence-electron chi connectivity index (χ3n) is 3.38. The van der Waals surface area contributed by atoms with Gasteiger partial charge in [0.1, 0.15) is 11.9 Å². The van der Waals surface area contributed by atoms with Crippen LogP contribution in [0.2, 0.25) is 0 Å². The van der Waals surface area contributed by atoms with Gasteiger partial charge in [0.05, 0.1) is 5.56 Å². The van der Waals surface area contributed by atoms with Gasteiger partial charge in [-0.25, -0.2) is 4.39 Å². The van der Waals surface area contributed by atoms with Crippen LogP contribution in [0.25, 0.3) is 0 Å². The number of hydrogen-bond donors (Lipinski definition) is 0. The molecule has 0 spiro atoms. The first-order valence-electron chi connectivity index (χ1n) is 6.22. The van der Waals surface area contributed by atoms with Gasteiger partial charge in [-0.15, -0.1) is 0 Å². The standard InChI is InChI=1S/C14H16FNOS/c15-14-6-5-12(7-13(14)8-16)10-18(17)9-11-3-1-2-4-11/h5-7,11H,1-4,9-10H2. The van der Waals surface area contributed by atoms with Gasteiger partial charge in [0, 0.05) is 22.3 Å². The van der Waals surface area contributed by atoms with E-state index >= 15 is 0 Å². The Morgan fingerprint density at radius 3 is 2.78 bits per heavy atom. The molecule has 1 aromatic rings. The van der Waals surface area contributed by atoms with Crippen LogP contribution in [0, 0.1) is 23.1 Å². The van der Waals surface area contributed by atoms with Crippen LogP contribution in [0.5, 0.6) is 0 Å². The van der Waals surface area contributed by atoms with E-state index in [1.807, 2.05) is 6.07 Å². The topological polar surface area (TPSA) is 40.9 Å². The van der Waals surface area contributed by atoms with Crippen molar-refractivity contribution in [3.05, 3.63) is 35.1 Å². The average molecular weight is 265 g/mol. The van der Waals surface area contributed by atoms with E-state index in [0.29, 0.717) is 11.7 Å². The van der Waals surface area contributed by atoms with Crippen LogP contribution in [-0.4, -0.2) is 9.96 Å². The van der Waals surface area contributed by atoms with E-state index in [1.165, 1.54) is 37.8 Å². The summed E-state index contributed by atoms with van der Waals surface area (Å²) in [6.07, 6.45) is 4.85. The van der Waals surface area contributed by atoms with Crippen molar-refractivity contribution >= 4 is 10.8 Å². The smallest absolute Gasteiger partial charge is 0.140 e. The van der Waals surface area contributed by atoms with E-state index in [0.717, 1.165) is 11.3 Å². The summed E-state index contributed by atoms with van der Waals surface area (Å²) in [5.74, 6) is 1.23. The second kappa shape index (κ2) is 6.10. The first kappa shape index (κ1) is 13.2. The molecule has 0 radical (unpaired) electrons. The minimum absolute atomic E-state index is 0.0327. The summed E-state index contributed by atoms with van der Waals surface area (Å²) < 4.78 is 25.1. The van der Waals surface area contributed by atoms with Gasteiger partial charge in [-0.1, -0.05) is 18.9 Å². The molecule has 0 aromatic heterocycles. The highest BCUT2D eigenvalue weighted by Gasteiger charge is 2.18. The van der Waals surface area contributed by atoms with Gasteiger partial charge in [0.2, 0.25) is 0 Å². The summed E-state index contributed by atoms with van der Waals surface area (Å²) in [7, 11) is -0.910. The fourth-order valence-corrected chi connectivity index (χ4v) is 3.96. The molecule has 18 heavy (non-hydrogen) atoms.